The van der Waals surface area contributed by atoms with Crippen molar-refractivity contribution < 1.29 is 9.90 Å². The summed E-state index contributed by atoms with van der Waals surface area (Å²) in [5.74, 6) is 0. The Kier molecular flexibility index (Phi) is 5.07. The van der Waals surface area contributed by atoms with Crippen LogP contribution in [0.15, 0.2) is 15.9 Å². The standard InChI is InChI=1S/C9H13BrN2O2S/c1-6(13)4-11-9(14)12-5-7-2-3-8(10)15-7/h2-3,6,13H,4-5H2,1H3,(H2,11,12,14)/t6-/m1/s1. The Bertz CT molecular complexity index is 328. The molecule has 0 saturated heterocycles. The number of nitrogens with one attached hydrogen (secondary N) is 2. The number of thiophene rings is 1. The van der Waals surface area contributed by atoms with Gasteiger partial charge in [0.05, 0.1) is 16.4 Å². The smallest absolute Gasteiger partial charge is 0.315 e. The van der Waals surface area contributed by atoms with Crippen molar-refractivity contribution in [2.75, 3.05) is 6.54 Å². The van der Waals surface area contributed by atoms with Crippen molar-refractivity contribution in [2.45, 2.75) is 19.6 Å². The van der Waals surface area contributed by atoms with E-state index in [-0.39, 0.29) is 12.6 Å². The van der Waals surface area contributed by atoms with Crippen LogP contribution in [0.4, 0.5) is 4.79 Å². The Morgan fingerprint density at radius 1 is 1.60 bits per heavy atom. The maximum Gasteiger partial charge on any atom is 0.315 e. The van der Waals surface area contributed by atoms with Gasteiger partial charge >= 0.3 is 6.03 Å². The molecular formula is C9H13BrN2O2S. The van der Waals surface area contributed by atoms with E-state index in [9.17, 15) is 4.79 Å². The molecule has 1 rings (SSSR count). The highest BCUT2D eigenvalue weighted by molar-refractivity contribution is 9.11. The largest absolute Gasteiger partial charge is 0.392 e. The molecule has 0 fully saturated rings. The molecule has 0 unspecified atom stereocenters. The molecule has 0 bridgehead atoms. The molecule has 6 heteroatoms. The van der Waals surface area contributed by atoms with Crippen LogP contribution in [-0.4, -0.2) is 23.8 Å². The molecule has 84 valence electrons. The fourth-order valence-corrected chi connectivity index (χ4v) is 2.34. The van der Waals surface area contributed by atoms with Crippen molar-refractivity contribution in [1.29, 1.82) is 0 Å². The first-order valence-corrected chi connectivity index (χ1v) is 6.13. The zero-order valence-corrected chi connectivity index (χ0v) is 10.7. The average molecular weight is 293 g/mol. The van der Waals surface area contributed by atoms with Gasteiger partial charge < -0.3 is 15.7 Å². The summed E-state index contributed by atoms with van der Waals surface area (Å²) in [7, 11) is 0. The summed E-state index contributed by atoms with van der Waals surface area (Å²) in [5, 5.41) is 14.2. The van der Waals surface area contributed by atoms with Crippen LogP contribution >= 0.6 is 27.3 Å². The van der Waals surface area contributed by atoms with Crippen LogP contribution in [0.5, 0.6) is 0 Å². The second-order valence-corrected chi connectivity index (χ2v) is 5.67. The van der Waals surface area contributed by atoms with Crippen LogP contribution in [0.3, 0.4) is 0 Å². The topological polar surface area (TPSA) is 61.4 Å². The highest BCUT2D eigenvalue weighted by atomic mass is 79.9. The molecule has 0 aliphatic heterocycles. The van der Waals surface area contributed by atoms with Gasteiger partial charge in [-0.15, -0.1) is 11.3 Å². The monoisotopic (exact) mass is 292 g/mol. The molecule has 1 aromatic rings. The Hall–Kier alpha value is -0.590. The molecule has 0 spiro atoms. The van der Waals surface area contributed by atoms with E-state index in [2.05, 4.69) is 26.6 Å². The number of carbonyl (C=O) groups is 1. The number of carbonyl (C=O) groups excluding carboxylic acids is 1. The van der Waals surface area contributed by atoms with E-state index in [1.54, 1.807) is 18.3 Å². The second kappa shape index (κ2) is 6.09. The summed E-state index contributed by atoms with van der Waals surface area (Å²) < 4.78 is 1.05. The zero-order valence-electron chi connectivity index (χ0n) is 8.29. The van der Waals surface area contributed by atoms with Crippen LogP contribution in [0.25, 0.3) is 0 Å². The summed E-state index contributed by atoms with van der Waals surface area (Å²) >= 11 is 4.92. The average Bonchev–Trinajstić information content (AvgIpc) is 2.58. The van der Waals surface area contributed by atoms with Gasteiger partial charge in [-0.1, -0.05) is 0 Å². The lowest BCUT2D eigenvalue weighted by molar-refractivity contribution is 0.187. The summed E-state index contributed by atoms with van der Waals surface area (Å²) in [5.41, 5.74) is 0. The quantitative estimate of drug-likeness (QED) is 0.791. The van der Waals surface area contributed by atoms with Gasteiger partial charge in [0, 0.05) is 11.4 Å². The van der Waals surface area contributed by atoms with E-state index >= 15 is 0 Å². The van der Waals surface area contributed by atoms with Gasteiger partial charge in [-0.3, -0.25) is 0 Å². The number of aliphatic hydroxyl groups is 1. The maximum atomic E-state index is 11.2. The molecule has 0 aliphatic carbocycles. The third kappa shape index (κ3) is 5.15. The van der Waals surface area contributed by atoms with E-state index in [0.29, 0.717) is 6.54 Å². The minimum atomic E-state index is -0.522. The number of amides is 2. The lowest BCUT2D eigenvalue weighted by Gasteiger charge is -2.07. The van der Waals surface area contributed by atoms with E-state index in [1.165, 1.54) is 0 Å². The summed E-state index contributed by atoms with van der Waals surface area (Å²) in [4.78, 5) is 12.3. The van der Waals surface area contributed by atoms with Gasteiger partial charge in [0.25, 0.3) is 0 Å². The SMILES string of the molecule is C[C@@H](O)CNC(=O)NCc1ccc(Br)s1. The molecule has 15 heavy (non-hydrogen) atoms. The minimum absolute atomic E-state index is 0.263. The molecule has 1 heterocycles. The minimum Gasteiger partial charge on any atom is -0.392 e. The first-order chi connectivity index (χ1) is 7.08. The normalized spacial score (nSPS) is 12.2. The number of aliphatic hydroxyl groups excluding tert-OH is 1. The van der Waals surface area contributed by atoms with Gasteiger partial charge in [-0.2, -0.15) is 0 Å². The molecule has 0 saturated carbocycles. The van der Waals surface area contributed by atoms with Crippen LogP contribution in [0, 0.1) is 0 Å². The molecule has 0 aromatic carbocycles. The third-order valence-corrected chi connectivity index (χ3v) is 3.23. The van der Waals surface area contributed by atoms with Crippen LogP contribution in [-0.2, 0) is 6.54 Å². The molecule has 0 radical (unpaired) electrons. The van der Waals surface area contributed by atoms with Crippen LogP contribution < -0.4 is 10.6 Å². The fourth-order valence-electron chi connectivity index (χ4n) is 0.917. The number of halogens is 1. The molecule has 1 aromatic heterocycles. The predicted molar refractivity (Wildman–Crippen MR) is 63.9 cm³/mol. The molecule has 4 nitrogen and oxygen atoms in total. The van der Waals surface area contributed by atoms with Gasteiger partial charge in [-0.25, -0.2) is 4.79 Å². The Morgan fingerprint density at radius 3 is 2.87 bits per heavy atom. The molecule has 2 amide bonds. The molecule has 1 atom stereocenters. The second-order valence-electron chi connectivity index (χ2n) is 3.12. The van der Waals surface area contributed by atoms with Crippen molar-refractivity contribution in [2.24, 2.45) is 0 Å². The number of rotatable bonds is 4. The van der Waals surface area contributed by atoms with Gasteiger partial charge in [0.2, 0.25) is 0 Å². The van der Waals surface area contributed by atoms with E-state index in [4.69, 9.17) is 5.11 Å². The van der Waals surface area contributed by atoms with Crippen molar-refractivity contribution >= 4 is 33.3 Å². The summed E-state index contributed by atoms with van der Waals surface area (Å²) in [6.45, 7) is 2.39. The van der Waals surface area contributed by atoms with E-state index in [1.807, 2.05) is 12.1 Å². The van der Waals surface area contributed by atoms with Crippen molar-refractivity contribution in [1.82, 2.24) is 10.6 Å². The molecule has 3 N–H and O–H groups in total. The lowest BCUT2D eigenvalue weighted by Crippen LogP contribution is -2.38. The Labute approximate surface area is 101 Å². The van der Waals surface area contributed by atoms with Crippen molar-refractivity contribution in [3.05, 3.63) is 20.8 Å². The van der Waals surface area contributed by atoms with Gasteiger partial charge in [0.15, 0.2) is 0 Å². The number of hydrogen-bond acceptors (Lipinski definition) is 3. The highest BCUT2D eigenvalue weighted by Gasteiger charge is 2.03. The first-order valence-electron chi connectivity index (χ1n) is 4.52. The first kappa shape index (κ1) is 12.5. The molecule has 0 aliphatic rings. The Morgan fingerprint density at radius 2 is 2.33 bits per heavy atom. The third-order valence-electron chi connectivity index (χ3n) is 1.61. The van der Waals surface area contributed by atoms with Crippen molar-refractivity contribution in [3.63, 3.8) is 0 Å². The fraction of sp³-hybridized carbons (Fsp3) is 0.444. The summed E-state index contributed by atoms with van der Waals surface area (Å²) in [6.07, 6.45) is -0.522. The van der Waals surface area contributed by atoms with Gasteiger partial charge in [0.1, 0.15) is 0 Å². The number of hydrogen-bond donors (Lipinski definition) is 3. The maximum absolute atomic E-state index is 11.2. The lowest BCUT2D eigenvalue weighted by atomic mass is 10.4. The Balaban J connectivity index is 2.22. The summed E-state index contributed by atoms with van der Waals surface area (Å²) in [6, 6.07) is 3.62. The van der Waals surface area contributed by atoms with Gasteiger partial charge in [-0.05, 0) is 35.0 Å². The van der Waals surface area contributed by atoms with E-state index < -0.39 is 6.10 Å². The highest BCUT2D eigenvalue weighted by Crippen LogP contribution is 2.21. The van der Waals surface area contributed by atoms with Crippen LogP contribution in [0.2, 0.25) is 0 Å². The zero-order chi connectivity index (χ0) is 11.3. The predicted octanol–water partition coefficient (Wildman–Crippen LogP) is 1.69. The molecular weight excluding hydrogens is 280 g/mol. The van der Waals surface area contributed by atoms with Crippen LogP contribution in [0.1, 0.15) is 11.8 Å². The number of urea groups is 1. The van der Waals surface area contributed by atoms with E-state index in [0.717, 1.165) is 8.66 Å². The van der Waals surface area contributed by atoms with Crippen molar-refractivity contribution in [3.8, 4) is 0 Å².